The number of hydrogen-bond acceptors (Lipinski definition) is 6. The van der Waals surface area contributed by atoms with Crippen LogP contribution in [0.15, 0.2) is 267 Å². The predicted octanol–water partition coefficient (Wildman–Crippen LogP) is 15.7. The van der Waals surface area contributed by atoms with Gasteiger partial charge >= 0.3 is 0 Å². The van der Waals surface area contributed by atoms with Crippen LogP contribution in [0.25, 0.3) is 82.5 Å². The molecule has 3 aromatic heterocycles. The first-order valence-corrected chi connectivity index (χ1v) is 34.2. The summed E-state index contributed by atoms with van der Waals surface area (Å²) in [6.07, 6.45) is 0. The molecule has 0 fully saturated rings. The lowest BCUT2D eigenvalue weighted by Gasteiger charge is -2.43. The number of aryl methyl sites for hydroxylation is 3. The van der Waals surface area contributed by atoms with E-state index in [4.69, 9.17) is 18.9 Å². The Bertz CT molecular complexity index is 6400. The molecular weight excluding hydrogens is 1210 g/mol. The summed E-state index contributed by atoms with van der Waals surface area (Å²) in [6.45, 7) is 6.00. The number of hydrogen-bond donors (Lipinski definition) is 1. The van der Waals surface area contributed by atoms with Gasteiger partial charge in [0.1, 0.15) is 46.0 Å². The number of ether oxygens (including phenoxy) is 4. The molecule has 0 saturated carbocycles. The molecule has 23 rings (SSSR count). The molecule has 0 unspecified atom stereocenters. The lowest BCUT2D eigenvalue weighted by atomic mass is 9.30. The van der Waals surface area contributed by atoms with Gasteiger partial charge < -0.3 is 42.9 Å². The maximum Gasteiger partial charge on any atom is 0.260 e. The molecule has 6 aliphatic rings. The van der Waals surface area contributed by atoms with Crippen molar-refractivity contribution in [3.63, 3.8) is 0 Å². The van der Waals surface area contributed by atoms with Gasteiger partial charge in [-0.2, -0.15) is 0 Å². The van der Waals surface area contributed by atoms with Gasteiger partial charge in [-0.05, 0) is 136 Å². The molecule has 0 spiro atoms. The van der Waals surface area contributed by atoms with Crippen molar-refractivity contribution in [3.8, 4) is 63.1 Å². The minimum atomic E-state index is -0.318. The van der Waals surface area contributed by atoms with Crippen LogP contribution in [0, 0.1) is 20.8 Å². The molecule has 9 heterocycles. The summed E-state index contributed by atoms with van der Waals surface area (Å²) in [6, 6.07) is 97.6. The second-order valence-corrected chi connectivity index (χ2v) is 27.7. The standard InChI is InChI=1S/C87H54B3N5O4/c1-48-36-49(2)87(50(3)37-48)95-74-47-79-65(89-61-27-11-19-35-77(61)97-82-42-53(43-83(99-79)86(82)89)94-72-32-16-8-24-58(72)59-25-9-17-33-73(59)94)45-63(74)90-64-44-62-66(46-78(64)98-81-41-52(39-75(95)85(81)90)93-70-30-14-6-22-56(70)57-23-7-15-31-71(57)93)91-67-38-51(40-80-84(67)88(62)60-26-10-18-34-76(60)96-80)92-68-28-12-4-20-54(68)55-21-5-13-29-69(55)92/h4-47,91H,1-3H3. The van der Waals surface area contributed by atoms with Crippen LogP contribution in [0.1, 0.15) is 16.7 Å². The van der Waals surface area contributed by atoms with Crippen LogP contribution in [-0.2, 0) is 0 Å². The van der Waals surface area contributed by atoms with E-state index in [1.54, 1.807) is 0 Å². The second kappa shape index (κ2) is 19.4. The molecule has 0 radical (unpaired) electrons. The maximum atomic E-state index is 7.79. The molecule has 99 heavy (non-hydrogen) atoms. The largest absolute Gasteiger partial charge is 0.458 e. The molecule has 12 heteroatoms. The van der Waals surface area contributed by atoms with Gasteiger partial charge in [-0.15, -0.1) is 0 Å². The van der Waals surface area contributed by atoms with E-state index in [-0.39, 0.29) is 20.1 Å². The first kappa shape index (κ1) is 53.7. The molecule has 0 aliphatic carbocycles. The fourth-order valence-corrected chi connectivity index (χ4v) is 18.5. The van der Waals surface area contributed by atoms with E-state index >= 15 is 0 Å². The van der Waals surface area contributed by atoms with E-state index < -0.39 is 0 Å². The van der Waals surface area contributed by atoms with Crippen LogP contribution in [0.2, 0.25) is 0 Å². The molecule has 1 N–H and O–H groups in total. The third-order valence-electron chi connectivity index (χ3n) is 22.2. The lowest BCUT2D eigenvalue weighted by Crippen LogP contribution is -2.64. The average molecular weight is 1270 g/mol. The summed E-state index contributed by atoms with van der Waals surface area (Å²) < 4.78 is 36.9. The van der Waals surface area contributed by atoms with Crippen LogP contribution in [0.5, 0.6) is 46.0 Å². The highest BCUT2D eigenvalue weighted by Crippen LogP contribution is 2.49. The number of aromatic nitrogens is 3. The summed E-state index contributed by atoms with van der Waals surface area (Å²) in [7, 11) is 0. The molecule has 9 nitrogen and oxygen atoms in total. The molecule has 17 aromatic rings. The van der Waals surface area contributed by atoms with Gasteiger partial charge in [0.05, 0.1) is 55.8 Å². The Balaban J connectivity index is 0.790. The Morgan fingerprint density at radius 1 is 0.273 bits per heavy atom. The van der Waals surface area contributed by atoms with Gasteiger partial charge in [-0.3, -0.25) is 0 Å². The summed E-state index contributed by atoms with van der Waals surface area (Å²) in [5.74, 6) is 6.46. The number of rotatable bonds is 4. The van der Waals surface area contributed by atoms with Gasteiger partial charge in [0.25, 0.3) is 20.1 Å². The lowest BCUT2D eigenvalue weighted by molar-refractivity contribution is 0.464. The van der Waals surface area contributed by atoms with Gasteiger partial charge in [0, 0.05) is 96.9 Å². The Kier molecular flexibility index (Phi) is 10.5. The third-order valence-corrected chi connectivity index (χ3v) is 22.2. The number of anilines is 5. The highest BCUT2D eigenvalue weighted by atomic mass is 16.5. The number of fused-ring (bicyclic) bond motifs is 21. The zero-order chi connectivity index (χ0) is 64.8. The van der Waals surface area contributed by atoms with E-state index in [9.17, 15) is 0 Å². The number of para-hydroxylation sites is 8. The van der Waals surface area contributed by atoms with Gasteiger partial charge in [0.2, 0.25) is 0 Å². The van der Waals surface area contributed by atoms with Crippen molar-refractivity contribution >= 4 is 163 Å². The predicted molar refractivity (Wildman–Crippen MR) is 408 cm³/mol. The van der Waals surface area contributed by atoms with E-state index in [1.165, 1.54) is 49.0 Å². The Labute approximate surface area is 570 Å². The van der Waals surface area contributed by atoms with Crippen molar-refractivity contribution < 1.29 is 18.9 Å². The minimum absolute atomic E-state index is 0.178. The van der Waals surface area contributed by atoms with Crippen LogP contribution < -0.4 is 78.3 Å². The van der Waals surface area contributed by atoms with E-state index in [0.717, 1.165) is 174 Å². The van der Waals surface area contributed by atoms with Crippen LogP contribution >= 0.6 is 0 Å². The minimum Gasteiger partial charge on any atom is -0.458 e. The normalized spacial score (nSPS) is 13.7. The van der Waals surface area contributed by atoms with Crippen molar-refractivity contribution in [1.29, 1.82) is 0 Å². The second-order valence-electron chi connectivity index (χ2n) is 27.7. The monoisotopic (exact) mass is 1270 g/mol. The average Bonchev–Trinajstić information content (AvgIpc) is 1.30. The number of nitrogens with one attached hydrogen (secondary N) is 1. The van der Waals surface area contributed by atoms with Crippen molar-refractivity contribution in [1.82, 2.24) is 13.7 Å². The molecule has 460 valence electrons. The summed E-state index contributed by atoms with van der Waals surface area (Å²) in [5, 5.41) is 11.3. The number of benzene rings is 14. The fraction of sp³-hybridized carbons (Fsp3) is 0.0345. The highest BCUT2D eigenvalue weighted by molar-refractivity contribution is 7.03. The van der Waals surface area contributed by atoms with E-state index in [0.29, 0.717) is 0 Å². The van der Waals surface area contributed by atoms with E-state index in [1.807, 2.05) is 0 Å². The Morgan fingerprint density at radius 2 is 0.646 bits per heavy atom. The maximum absolute atomic E-state index is 7.79. The Hall–Kier alpha value is -12.5. The molecule has 0 bridgehead atoms. The zero-order valence-electron chi connectivity index (χ0n) is 54.1. The van der Waals surface area contributed by atoms with E-state index in [2.05, 4.69) is 312 Å². The number of nitrogens with zero attached hydrogens (tertiary/aromatic N) is 4. The summed E-state index contributed by atoms with van der Waals surface area (Å²) in [4.78, 5) is 2.55. The van der Waals surface area contributed by atoms with Gasteiger partial charge in [0.15, 0.2) is 0 Å². The van der Waals surface area contributed by atoms with Crippen LogP contribution in [-0.4, -0.2) is 33.8 Å². The molecule has 0 amide bonds. The van der Waals surface area contributed by atoms with Crippen molar-refractivity contribution in [3.05, 3.63) is 284 Å². The van der Waals surface area contributed by atoms with Crippen LogP contribution in [0.3, 0.4) is 0 Å². The third kappa shape index (κ3) is 7.21. The topological polar surface area (TPSA) is 67.0 Å². The summed E-state index contributed by atoms with van der Waals surface area (Å²) >= 11 is 0. The van der Waals surface area contributed by atoms with Crippen molar-refractivity contribution in [2.24, 2.45) is 0 Å². The quantitative estimate of drug-likeness (QED) is 0.177. The Morgan fingerprint density at radius 3 is 1.14 bits per heavy atom. The fourth-order valence-electron chi connectivity index (χ4n) is 18.5. The van der Waals surface area contributed by atoms with Crippen molar-refractivity contribution in [2.45, 2.75) is 20.8 Å². The SMILES string of the molecule is Cc1cc(C)c(N2c3cc4c(cc3B3c5cc6c(cc5Oc5cc(-n7c8ccccc8c8ccccc87)cc2c53)Nc2cc(-n3c5ccccc5c5ccccc53)cc3c2B6c2ccccc2O3)B2c3ccccc3Oc3cc(-n5c6ccccc6c6ccccc65)cc(c32)O4)c(C)c1. The molecule has 14 aromatic carbocycles. The molecule has 6 aliphatic heterocycles. The summed E-state index contributed by atoms with van der Waals surface area (Å²) in [5.41, 5.74) is 28.4. The smallest absolute Gasteiger partial charge is 0.260 e. The zero-order valence-corrected chi connectivity index (χ0v) is 54.1. The van der Waals surface area contributed by atoms with Gasteiger partial charge in [-0.1, -0.05) is 175 Å². The molecule has 0 atom stereocenters. The first-order chi connectivity index (χ1) is 48.8. The van der Waals surface area contributed by atoms with Crippen LogP contribution in [0.4, 0.5) is 28.4 Å². The van der Waals surface area contributed by atoms with Crippen molar-refractivity contribution in [2.75, 3.05) is 10.2 Å². The highest BCUT2D eigenvalue weighted by Gasteiger charge is 2.49. The molecule has 0 saturated heterocycles. The van der Waals surface area contributed by atoms with Gasteiger partial charge in [-0.25, -0.2) is 0 Å². The molecular formula is C87H54B3N5O4. The first-order valence-electron chi connectivity index (χ1n) is 34.2.